The van der Waals surface area contributed by atoms with E-state index in [-0.39, 0.29) is 6.61 Å². The van der Waals surface area contributed by atoms with Gasteiger partial charge in [-0.15, -0.1) is 10.2 Å². The Bertz CT molecular complexity index is 899. The van der Waals surface area contributed by atoms with Crippen LogP contribution in [0.15, 0.2) is 54.6 Å². The van der Waals surface area contributed by atoms with Gasteiger partial charge in [-0.3, -0.25) is 0 Å². The number of esters is 1. The highest BCUT2D eigenvalue weighted by Gasteiger charge is 2.10. The molecule has 0 fully saturated rings. The van der Waals surface area contributed by atoms with Gasteiger partial charge in [0, 0.05) is 5.57 Å². The van der Waals surface area contributed by atoms with Gasteiger partial charge in [-0.05, 0) is 40.7 Å². The number of benzene rings is 2. The van der Waals surface area contributed by atoms with E-state index in [1.54, 1.807) is 13.0 Å². The van der Waals surface area contributed by atoms with Crippen molar-refractivity contribution in [3.63, 3.8) is 0 Å². The van der Waals surface area contributed by atoms with Crippen LogP contribution in [0.25, 0.3) is 22.2 Å². The van der Waals surface area contributed by atoms with E-state index >= 15 is 0 Å². The van der Waals surface area contributed by atoms with Crippen LogP contribution in [-0.4, -0.2) is 26.3 Å². The van der Waals surface area contributed by atoms with E-state index in [1.807, 2.05) is 36.4 Å². The molecule has 0 radical (unpaired) electrons. The molecule has 6 heteroatoms. The van der Waals surface area contributed by atoms with E-state index in [2.05, 4.69) is 16.8 Å². The lowest BCUT2D eigenvalue weighted by molar-refractivity contribution is -0.140. The molecule has 0 saturated carbocycles. The first-order valence-corrected chi connectivity index (χ1v) is 7.02. The average molecular weight is 309 g/mol. The maximum absolute atomic E-state index is 11.6. The molecule has 0 aliphatic rings. The zero-order chi connectivity index (χ0) is 16.4. The SMILES string of the molecule is C=C(C)C(=O)OCc1ccccc1-c1ccc2nn(O)nc2c1. The Balaban J connectivity index is 1.94. The number of ether oxygens (including phenoxy) is 1. The number of hydrogen-bond donors (Lipinski definition) is 1. The van der Waals surface area contributed by atoms with Crippen molar-refractivity contribution in [3.05, 3.63) is 60.2 Å². The Morgan fingerprint density at radius 1 is 1.22 bits per heavy atom. The van der Waals surface area contributed by atoms with Crippen molar-refractivity contribution in [1.82, 2.24) is 15.2 Å². The van der Waals surface area contributed by atoms with Gasteiger partial charge in [0.1, 0.15) is 17.6 Å². The van der Waals surface area contributed by atoms with Gasteiger partial charge in [-0.25, -0.2) is 4.79 Å². The second-order valence-electron chi connectivity index (χ2n) is 5.19. The molecule has 0 amide bonds. The summed E-state index contributed by atoms with van der Waals surface area (Å²) in [5, 5.41) is 17.0. The molecule has 1 aromatic heterocycles. The zero-order valence-electron chi connectivity index (χ0n) is 12.6. The van der Waals surface area contributed by atoms with Crippen molar-refractivity contribution in [2.45, 2.75) is 13.5 Å². The van der Waals surface area contributed by atoms with Crippen LogP contribution in [0.3, 0.4) is 0 Å². The van der Waals surface area contributed by atoms with Crippen molar-refractivity contribution in [2.24, 2.45) is 0 Å². The van der Waals surface area contributed by atoms with E-state index in [9.17, 15) is 10.0 Å². The molecule has 23 heavy (non-hydrogen) atoms. The molecule has 0 bridgehead atoms. The topological polar surface area (TPSA) is 77.2 Å². The van der Waals surface area contributed by atoms with Gasteiger partial charge >= 0.3 is 5.97 Å². The number of rotatable bonds is 4. The Morgan fingerprint density at radius 3 is 2.74 bits per heavy atom. The minimum Gasteiger partial charge on any atom is -0.457 e. The Hall–Kier alpha value is -3.15. The van der Waals surface area contributed by atoms with Gasteiger partial charge in [0.15, 0.2) is 0 Å². The standard InChI is InChI=1S/C17H15N3O3/c1-11(2)17(21)23-10-13-5-3-4-6-14(13)12-7-8-15-16(9-12)19-20(22)18-15/h3-9,22H,1,10H2,2H3. The summed E-state index contributed by atoms with van der Waals surface area (Å²) in [6.07, 6.45) is 0. The molecule has 116 valence electrons. The fourth-order valence-corrected chi connectivity index (χ4v) is 2.27. The van der Waals surface area contributed by atoms with Crippen molar-refractivity contribution >= 4 is 17.0 Å². The average Bonchev–Trinajstić information content (AvgIpc) is 2.91. The van der Waals surface area contributed by atoms with Crippen LogP contribution in [0, 0.1) is 0 Å². The molecule has 0 atom stereocenters. The van der Waals surface area contributed by atoms with Crippen LogP contribution in [0.1, 0.15) is 12.5 Å². The molecule has 3 rings (SSSR count). The lowest BCUT2D eigenvalue weighted by Crippen LogP contribution is -2.05. The predicted molar refractivity (Wildman–Crippen MR) is 84.8 cm³/mol. The number of hydrogen-bond acceptors (Lipinski definition) is 5. The van der Waals surface area contributed by atoms with Gasteiger partial charge in [-0.1, -0.05) is 36.9 Å². The molecule has 0 spiro atoms. The summed E-state index contributed by atoms with van der Waals surface area (Å²) < 4.78 is 5.23. The minimum atomic E-state index is -0.418. The molecular weight excluding hydrogens is 294 g/mol. The molecule has 2 aromatic carbocycles. The predicted octanol–water partition coefficient (Wildman–Crippen LogP) is 2.95. The Morgan fingerprint density at radius 2 is 1.96 bits per heavy atom. The lowest BCUT2D eigenvalue weighted by Gasteiger charge is -2.10. The monoisotopic (exact) mass is 309 g/mol. The van der Waals surface area contributed by atoms with Gasteiger partial charge in [-0.2, -0.15) is 0 Å². The molecule has 6 nitrogen and oxygen atoms in total. The van der Waals surface area contributed by atoms with Crippen LogP contribution in [0.5, 0.6) is 0 Å². The summed E-state index contributed by atoms with van der Waals surface area (Å²) in [6, 6.07) is 13.1. The Kier molecular flexibility index (Phi) is 3.80. The number of fused-ring (bicyclic) bond motifs is 1. The molecule has 0 aliphatic heterocycles. The molecule has 0 saturated heterocycles. The normalized spacial score (nSPS) is 10.7. The summed E-state index contributed by atoms with van der Waals surface area (Å²) in [7, 11) is 0. The number of carbonyl (C=O) groups excluding carboxylic acids is 1. The largest absolute Gasteiger partial charge is 0.457 e. The second-order valence-corrected chi connectivity index (χ2v) is 5.19. The highest BCUT2D eigenvalue weighted by atomic mass is 16.5. The van der Waals surface area contributed by atoms with E-state index in [0.717, 1.165) is 16.7 Å². The van der Waals surface area contributed by atoms with Crippen molar-refractivity contribution in [2.75, 3.05) is 0 Å². The first kappa shape index (κ1) is 14.8. The van der Waals surface area contributed by atoms with E-state index in [4.69, 9.17) is 4.74 Å². The van der Waals surface area contributed by atoms with Gasteiger partial charge in [0.25, 0.3) is 0 Å². The molecule has 3 aromatic rings. The fourth-order valence-electron chi connectivity index (χ4n) is 2.27. The summed E-state index contributed by atoms with van der Waals surface area (Å²) in [5.41, 5.74) is 4.25. The van der Waals surface area contributed by atoms with E-state index in [1.165, 1.54) is 0 Å². The third kappa shape index (κ3) is 3.06. The summed E-state index contributed by atoms with van der Waals surface area (Å²) in [6.45, 7) is 5.34. The third-order valence-electron chi connectivity index (χ3n) is 3.41. The summed E-state index contributed by atoms with van der Waals surface area (Å²) in [4.78, 5) is 12.1. The second kappa shape index (κ2) is 5.92. The first-order valence-electron chi connectivity index (χ1n) is 7.02. The molecule has 0 aliphatic carbocycles. The van der Waals surface area contributed by atoms with E-state index < -0.39 is 5.97 Å². The Labute approximate surface area is 132 Å². The van der Waals surface area contributed by atoms with Gasteiger partial charge < -0.3 is 9.94 Å². The van der Waals surface area contributed by atoms with Crippen molar-refractivity contribution in [1.29, 1.82) is 0 Å². The highest BCUT2D eigenvalue weighted by molar-refractivity contribution is 5.87. The fraction of sp³-hybridized carbons (Fsp3) is 0.118. The zero-order valence-corrected chi connectivity index (χ0v) is 12.6. The molecule has 1 N–H and O–H groups in total. The minimum absolute atomic E-state index is 0.159. The van der Waals surface area contributed by atoms with Crippen LogP contribution in [0.2, 0.25) is 0 Å². The van der Waals surface area contributed by atoms with Gasteiger partial charge in [0.2, 0.25) is 0 Å². The smallest absolute Gasteiger partial charge is 0.333 e. The third-order valence-corrected chi connectivity index (χ3v) is 3.41. The number of carbonyl (C=O) groups is 1. The van der Waals surface area contributed by atoms with E-state index in [0.29, 0.717) is 21.6 Å². The van der Waals surface area contributed by atoms with Gasteiger partial charge in [0.05, 0.1) is 0 Å². The maximum Gasteiger partial charge on any atom is 0.333 e. The molecule has 0 unspecified atom stereocenters. The van der Waals surface area contributed by atoms with Crippen LogP contribution < -0.4 is 0 Å². The van der Waals surface area contributed by atoms with Crippen LogP contribution in [0.4, 0.5) is 0 Å². The summed E-state index contributed by atoms with van der Waals surface area (Å²) >= 11 is 0. The summed E-state index contributed by atoms with van der Waals surface area (Å²) in [5.74, 6) is -0.418. The first-order chi connectivity index (χ1) is 11.0. The highest BCUT2D eigenvalue weighted by Crippen LogP contribution is 2.26. The van der Waals surface area contributed by atoms with Crippen molar-refractivity contribution in [3.8, 4) is 11.1 Å². The molecule has 1 heterocycles. The number of nitrogens with zero attached hydrogens (tertiary/aromatic N) is 3. The maximum atomic E-state index is 11.6. The molecular formula is C17H15N3O3. The van der Waals surface area contributed by atoms with Crippen LogP contribution >= 0.6 is 0 Å². The lowest BCUT2D eigenvalue weighted by atomic mass is 10.00. The quantitative estimate of drug-likeness (QED) is 0.455. The van der Waals surface area contributed by atoms with Crippen LogP contribution in [-0.2, 0) is 16.1 Å². The number of aromatic nitrogens is 3. The van der Waals surface area contributed by atoms with Crippen molar-refractivity contribution < 1.29 is 14.7 Å².